The zero-order valence-electron chi connectivity index (χ0n) is 7.35. The maximum Gasteiger partial charge on any atom is 0.434 e. The number of hydroxylamine groups is 2. The van der Waals surface area contributed by atoms with Crippen LogP contribution in [0.1, 0.15) is 6.42 Å². The van der Waals surface area contributed by atoms with Gasteiger partial charge in [-0.15, -0.1) is 0 Å². The summed E-state index contributed by atoms with van der Waals surface area (Å²) in [7, 11) is 0. The van der Waals surface area contributed by atoms with Crippen LogP contribution in [0.5, 0.6) is 0 Å². The molecule has 0 unspecified atom stereocenters. The molecule has 0 aromatic heterocycles. The lowest BCUT2D eigenvalue weighted by Gasteiger charge is -2.31. The molecule has 0 aliphatic carbocycles. The van der Waals surface area contributed by atoms with Crippen LogP contribution >= 0.6 is 0 Å². The van der Waals surface area contributed by atoms with Crippen LogP contribution in [0, 0.1) is 0 Å². The van der Waals surface area contributed by atoms with E-state index in [2.05, 4.69) is 0 Å². The van der Waals surface area contributed by atoms with E-state index in [-0.39, 0.29) is 6.09 Å². The first-order valence-corrected chi connectivity index (χ1v) is 4.43. The summed E-state index contributed by atoms with van der Waals surface area (Å²) in [5.41, 5.74) is 0. The standard InChI is InChI=1S/C9H12N2O2/c12-9(10-5-4-6-10)13-11-7-2-1-3-8-11/h1-3,7H,4-6,8H2. The Kier molecular flexibility index (Phi) is 2.21. The molecule has 1 amide bonds. The first-order valence-electron chi connectivity index (χ1n) is 4.43. The Bertz CT molecular complexity index is 256. The van der Waals surface area contributed by atoms with Gasteiger partial charge in [0.15, 0.2) is 0 Å². The zero-order valence-corrected chi connectivity index (χ0v) is 7.35. The van der Waals surface area contributed by atoms with Crippen LogP contribution in [0.4, 0.5) is 4.79 Å². The van der Waals surface area contributed by atoms with Gasteiger partial charge in [0.2, 0.25) is 0 Å². The SMILES string of the molecule is O=C(ON1C=CC=CC1)N1CCC1. The van der Waals surface area contributed by atoms with Crippen LogP contribution in [0.25, 0.3) is 0 Å². The Morgan fingerprint density at radius 3 is 2.69 bits per heavy atom. The van der Waals surface area contributed by atoms with Gasteiger partial charge < -0.3 is 9.74 Å². The topological polar surface area (TPSA) is 32.8 Å². The van der Waals surface area contributed by atoms with Gasteiger partial charge >= 0.3 is 6.09 Å². The first-order chi connectivity index (χ1) is 6.36. The molecule has 2 aliphatic heterocycles. The molecule has 1 fully saturated rings. The number of carbonyl (C=O) groups excluding carboxylic acids is 1. The second-order valence-electron chi connectivity index (χ2n) is 3.07. The maximum absolute atomic E-state index is 11.3. The third-order valence-electron chi connectivity index (χ3n) is 2.09. The Balaban J connectivity index is 1.80. The minimum Gasteiger partial charge on any atom is -0.322 e. The van der Waals surface area contributed by atoms with E-state index >= 15 is 0 Å². The van der Waals surface area contributed by atoms with E-state index in [0.717, 1.165) is 19.5 Å². The van der Waals surface area contributed by atoms with Crippen molar-refractivity contribution in [2.24, 2.45) is 0 Å². The van der Waals surface area contributed by atoms with E-state index in [1.165, 1.54) is 5.06 Å². The predicted octanol–water partition coefficient (Wildman–Crippen LogP) is 1.13. The van der Waals surface area contributed by atoms with Crippen LogP contribution in [0.3, 0.4) is 0 Å². The molecule has 70 valence electrons. The third-order valence-corrected chi connectivity index (χ3v) is 2.09. The van der Waals surface area contributed by atoms with E-state index in [4.69, 9.17) is 4.84 Å². The molecule has 1 saturated heterocycles. The highest BCUT2D eigenvalue weighted by Crippen LogP contribution is 2.09. The van der Waals surface area contributed by atoms with Crippen molar-refractivity contribution in [3.05, 3.63) is 24.4 Å². The molecule has 0 bridgehead atoms. The highest BCUT2D eigenvalue weighted by atomic mass is 16.7. The molecule has 0 radical (unpaired) electrons. The Morgan fingerprint density at radius 1 is 1.31 bits per heavy atom. The number of likely N-dealkylation sites (tertiary alicyclic amines) is 1. The summed E-state index contributed by atoms with van der Waals surface area (Å²) in [6, 6.07) is 0. The summed E-state index contributed by atoms with van der Waals surface area (Å²) in [4.78, 5) is 18.1. The number of rotatable bonds is 1. The maximum atomic E-state index is 11.3. The van der Waals surface area contributed by atoms with Crippen molar-refractivity contribution >= 4 is 6.09 Å². The smallest absolute Gasteiger partial charge is 0.322 e. The van der Waals surface area contributed by atoms with Crippen LogP contribution in [-0.2, 0) is 4.84 Å². The Morgan fingerprint density at radius 2 is 2.15 bits per heavy atom. The fraction of sp³-hybridized carbons (Fsp3) is 0.444. The van der Waals surface area contributed by atoms with Crippen molar-refractivity contribution in [1.82, 2.24) is 9.96 Å². The molecular weight excluding hydrogens is 168 g/mol. The third kappa shape index (κ3) is 1.83. The van der Waals surface area contributed by atoms with Gasteiger partial charge in [-0.2, -0.15) is 0 Å². The molecule has 0 spiro atoms. The van der Waals surface area contributed by atoms with Gasteiger partial charge in [-0.1, -0.05) is 12.2 Å². The summed E-state index contributed by atoms with van der Waals surface area (Å²) in [6.07, 6.45) is 8.29. The van der Waals surface area contributed by atoms with Crippen LogP contribution in [0.2, 0.25) is 0 Å². The molecule has 0 saturated carbocycles. The van der Waals surface area contributed by atoms with Gasteiger partial charge in [0, 0.05) is 19.3 Å². The van der Waals surface area contributed by atoms with Gasteiger partial charge in [-0.3, -0.25) is 0 Å². The van der Waals surface area contributed by atoms with E-state index in [9.17, 15) is 4.79 Å². The van der Waals surface area contributed by atoms with Crippen LogP contribution in [0.15, 0.2) is 24.4 Å². The molecule has 2 heterocycles. The highest BCUT2D eigenvalue weighted by Gasteiger charge is 2.23. The second kappa shape index (κ2) is 3.51. The van der Waals surface area contributed by atoms with Crippen molar-refractivity contribution in [2.45, 2.75) is 6.42 Å². The van der Waals surface area contributed by atoms with E-state index in [0.29, 0.717) is 6.54 Å². The number of allylic oxidation sites excluding steroid dienone is 2. The number of hydrogen-bond donors (Lipinski definition) is 0. The Labute approximate surface area is 77.0 Å². The van der Waals surface area contributed by atoms with Gasteiger partial charge in [0.05, 0.1) is 6.54 Å². The van der Waals surface area contributed by atoms with E-state index in [1.54, 1.807) is 11.1 Å². The fourth-order valence-electron chi connectivity index (χ4n) is 1.17. The summed E-state index contributed by atoms with van der Waals surface area (Å²) in [5.74, 6) is 0. The van der Waals surface area contributed by atoms with Crippen molar-refractivity contribution in [3.63, 3.8) is 0 Å². The molecule has 4 nitrogen and oxygen atoms in total. The Hall–Kier alpha value is -1.45. The van der Waals surface area contributed by atoms with Gasteiger partial charge in [-0.05, 0) is 12.5 Å². The normalized spacial score (nSPS) is 20.0. The lowest BCUT2D eigenvalue weighted by atomic mass is 10.2. The zero-order chi connectivity index (χ0) is 9.10. The predicted molar refractivity (Wildman–Crippen MR) is 47.7 cm³/mol. The summed E-state index contributed by atoms with van der Waals surface area (Å²) >= 11 is 0. The number of amides is 1. The van der Waals surface area contributed by atoms with Crippen molar-refractivity contribution in [1.29, 1.82) is 0 Å². The largest absolute Gasteiger partial charge is 0.434 e. The summed E-state index contributed by atoms with van der Waals surface area (Å²) in [6.45, 7) is 2.29. The lowest BCUT2D eigenvalue weighted by molar-refractivity contribution is -0.0721. The minimum atomic E-state index is -0.244. The summed E-state index contributed by atoms with van der Waals surface area (Å²) < 4.78 is 0. The fourth-order valence-corrected chi connectivity index (χ4v) is 1.17. The molecular formula is C9H12N2O2. The molecule has 0 aromatic carbocycles. The quantitative estimate of drug-likeness (QED) is 0.606. The van der Waals surface area contributed by atoms with Crippen molar-refractivity contribution in [2.75, 3.05) is 19.6 Å². The molecule has 0 aromatic rings. The lowest BCUT2D eigenvalue weighted by Crippen LogP contribution is -2.44. The van der Waals surface area contributed by atoms with Gasteiger partial charge in [0.1, 0.15) is 0 Å². The molecule has 4 heteroatoms. The van der Waals surface area contributed by atoms with E-state index < -0.39 is 0 Å². The molecule has 2 rings (SSSR count). The van der Waals surface area contributed by atoms with Crippen molar-refractivity contribution < 1.29 is 9.63 Å². The number of nitrogens with zero attached hydrogens (tertiary/aromatic N) is 2. The average molecular weight is 180 g/mol. The van der Waals surface area contributed by atoms with Gasteiger partial charge in [0.25, 0.3) is 0 Å². The highest BCUT2D eigenvalue weighted by molar-refractivity contribution is 5.68. The first kappa shape index (κ1) is 8.16. The van der Waals surface area contributed by atoms with Crippen LogP contribution < -0.4 is 0 Å². The van der Waals surface area contributed by atoms with Crippen molar-refractivity contribution in [3.8, 4) is 0 Å². The molecule has 0 atom stereocenters. The van der Waals surface area contributed by atoms with Crippen LogP contribution in [-0.4, -0.2) is 35.7 Å². The second-order valence-corrected chi connectivity index (χ2v) is 3.07. The molecule has 13 heavy (non-hydrogen) atoms. The van der Waals surface area contributed by atoms with Gasteiger partial charge in [-0.25, -0.2) is 9.86 Å². The number of hydrogen-bond acceptors (Lipinski definition) is 3. The summed E-state index contributed by atoms with van der Waals surface area (Å²) in [5, 5.41) is 1.53. The van der Waals surface area contributed by atoms with E-state index in [1.807, 2.05) is 18.2 Å². The monoisotopic (exact) mass is 180 g/mol. The number of carbonyl (C=O) groups is 1. The molecule has 2 aliphatic rings. The average Bonchev–Trinajstić information content (AvgIpc) is 2.02. The molecule has 0 N–H and O–H groups in total. The minimum absolute atomic E-state index is 0.244.